The molecule has 3 atom stereocenters. The Balaban J connectivity index is 2.18. The van der Waals surface area contributed by atoms with Gasteiger partial charge in [-0.05, 0) is 5.92 Å². The van der Waals surface area contributed by atoms with Gasteiger partial charge in [-0.2, -0.15) is 0 Å². The van der Waals surface area contributed by atoms with Crippen LogP contribution in [0.2, 0.25) is 0 Å². The number of carbonyl (C=O) groups is 2. The van der Waals surface area contributed by atoms with Gasteiger partial charge in [-0.25, -0.2) is 4.79 Å². The highest BCUT2D eigenvalue weighted by Crippen LogP contribution is 2.35. The van der Waals surface area contributed by atoms with Crippen LogP contribution in [-0.2, 0) is 23.8 Å². The van der Waals surface area contributed by atoms with Crippen LogP contribution in [0.25, 0.3) is 0 Å². The third kappa shape index (κ3) is 3.81. The summed E-state index contributed by atoms with van der Waals surface area (Å²) in [5.41, 5.74) is 0. The van der Waals surface area contributed by atoms with Crippen molar-refractivity contribution in [1.29, 1.82) is 0 Å². The number of methoxy groups -OCH3 is 1. The van der Waals surface area contributed by atoms with Gasteiger partial charge in [0.05, 0.1) is 25.8 Å². The molecule has 0 saturated carbocycles. The van der Waals surface area contributed by atoms with Crippen LogP contribution in [0.3, 0.4) is 0 Å². The van der Waals surface area contributed by atoms with Gasteiger partial charge in [0.2, 0.25) is 12.3 Å². The Morgan fingerprint density at radius 1 is 1.35 bits per heavy atom. The standard InChI is InChI=1S/C14H24N2O7/c1-8(2)10(15-13(20)21-3)11(17)16-7-14(22-4-5-23-14)6-9(16)12(18)19/h8-10,13,15,20H,4-7H2,1-3H3,(H,18,19)/t9-,10-,13?/m0/s1. The van der Waals surface area contributed by atoms with Crippen molar-refractivity contribution in [3.05, 3.63) is 0 Å². The quantitative estimate of drug-likeness (QED) is 0.528. The van der Waals surface area contributed by atoms with Crippen LogP contribution in [0.15, 0.2) is 0 Å². The average molecular weight is 332 g/mol. The molecule has 2 saturated heterocycles. The Bertz CT molecular complexity index is 450. The topological polar surface area (TPSA) is 118 Å². The fourth-order valence-electron chi connectivity index (χ4n) is 2.95. The molecule has 9 nitrogen and oxygen atoms in total. The number of ether oxygens (including phenoxy) is 3. The molecule has 1 unspecified atom stereocenters. The molecule has 2 rings (SSSR count). The van der Waals surface area contributed by atoms with Gasteiger partial charge in [0.1, 0.15) is 6.04 Å². The number of likely N-dealkylation sites (tertiary alicyclic amines) is 1. The minimum Gasteiger partial charge on any atom is -0.480 e. The van der Waals surface area contributed by atoms with E-state index in [4.69, 9.17) is 14.2 Å². The van der Waals surface area contributed by atoms with Gasteiger partial charge in [0.25, 0.3) is 0 Å². The number of hydrogen-bond acceptors (Lipinski definition) is 7. The first-order valence-corrected chi connectivity index (χ1v) is 7.58. The van der Waals surface area contributed by atoms with Crippen LogP contribution < -0.4 is 5.32 Å². The molecule has 2 aliphatic heterocycles. The summed E-state index contributed by atoms with van der Waals surface area (Å²) < 4.78 is 15.8. The lowest BCUT2D eigenvalue weighted by Crippen LogP contribution is -2.55. The van der Waals surface area contributed by atoms with Crippen molar-refractivity contribution in [1.82, 2.24) is 10.2 Å². The van der Waals surface area contributed by atoms with Crippen molar-refractivity contribution < 1.29 is 34.0 Å². The second-order valence-corrected chi connectivity index (χ2v) is 6.11. The summed E-state index contributed by atoms with van der Waals surface area (Å²) in [6.07, 6.45) is -1.23. The molecule has 1 amide bonds. The number of rotatable bonds is 6. The molecule has 3 N–H and O–H groups in total. The highest BCUT2D eigenvalue weighted by Gasteiger charge is 2.53. The number of nitrogens with zero attached hydrogens (tertiary/aromatic N) is 1. The lowest BCUT2D eigenvalue weighted by molar-refractivity contribution is -0.157. The number of carboxylic acids is 1. The molecule has 9 heteroatoms. The van der Waals surface area contributed by atoms with E-state index in [2.05, 4.69) is 5.32 Å². The van der Waals surface area contributed by atoms with Crippen LogP contribution in [0.5, 0.6) is 0 Å². The average Bonchev–Trinajstić information content (AvgIpc) is 3.11. The van der Waals surface area contributed by atoms with E-state index in [0.29, 0.717) is 13.2 Å². The predicted octanol–water partition coefficient (Wildman–Crippen LogP) is -1.05. The molecule has 2 heterocycles. The number of aliphatic hydroxyl groups excluding tert-OH is 1. The summed E-state index contributed by atoms with van der Waals surface area (Å²) in [6, 6.07) is -1.81. The molecule has 2 fully saturated rings. The number of carbonyl (C=O) groups excluding carboxylic acids is 1. The molecule has 0 radical (unpaired) electrons. The molecule has 23 heavy (non-hydrogen) atoms. The van der Waals surface area contributed by atoms with Crippen LogP contribution in [0, 0.1) is 5.92 Å². The SMILES string of the molecule is COC(O)N[C@H](C(=O)N1CC2(C[C@H]1C(=O)O)OCCO2)C(C)C. The molecule has 0 bridgehead atoms. The summed E-state index contributed by atoms with van der Waals surface area (Å²) in [4.78, 5) is 25.6. The Morgan fingerprint density at radius 3 is 2.43 bits per heavy atom. The zero-order valence-corrected chi connectivity index (χ0v) is 13.5. The number of aliphatic carboxylic acids is 1. The summed E-state index contributed by atoms with van der Waals surface area (Å²) in [5.74, 6) is -2.76. The normalized spacial score (nSPS) is 26.0. The zero-order valence-electron chi connectivity index (χ0n) is 13.5. The largest absolute Gasteiger partial charge is 0.480 e. The lowest BCUT2D eigenvalue weighted by atomic mass is 10.0. The maximum absolute atomic E-state index is 12.8. The molecule has 132 valence electrons. The molecule has 0 aromatic heterocycles. The molecular weight excluding hydrogens is 308 g/mol. The van der Waals surface area contributed by atoms with Crippen molar-refractivity contribution >= 4 is 11.9 Å². The van der Waals surface area contributed by atoms with Crippen LogP contribution >= 0.6 is 0 Å². The number of hydrogen-bond donors (Lipinski definition) is 3. The van der Waals surface area contributed by atoms with Gasteiger partial charge >= 0.3 is 5.97 Å². The van der Waals surface area contributed by atoms with E-state index in [0.717, 1.165) is 0 Å². The van der Waals surface area contributed by atoms with Gasteiger partial charge in [0, 0.05) is 13.5 Å². The summed E-state index contributed by atoms with van der Waals surface area (Å²) in [6.45, 7) is 4.40. The molecule has 1 spiro atoms. The second-order valence-electron chi connectivity index (χ2n) is 6.11. The first-order chi connectivity index (χ1) is 10.8. The number of amides is 1. The fourth-order valence-corrected chi connectivity index (χ4v) is 2.95. The maximum atomic E-state index is 12.8. The monoisotopic (exact) mass is 332 g/mol. The van der Waals surface area contributed by atoms with Gasteiger partial charge in [-0.3, -0.25) is 10.1 Å². The van der Waals surface area contributed by atoms with Crippen molar-refractivity contribution in [2.24, 2.45) is 5.92 Å². The van der Waals surface area contributed by atoms with E-state index in [1.54, 1.807) is 13.8 Å². The maximum Gasteiger partial charge on any atom is 0.326 e. The van der Waals surface area contributed by atoms with Crippen molar-refractivity contribution in [3.63, 3.8) is 0 Å². The van der Waals surface area contributed by atoms with Crippen molar-refractivity contribution in [3.8, 4) is 0 Å². The molecular formula is C14H24N2O7. The summed E-state index contributed by atoms with van der Waals surface area (Å²) >= 11 is 0. The highest BCUT2D eigenvalue weighted by molar-refractivity contribution is 5.88. The minimum absolute atomic E-state index is 0.0524. The van der Waals surface area contributed by atoms with Gasteiger partial charge < -0.3 is 29.3 Å². The Labute approximate surface area is 134 Å². The Hall–Kier alpha value is -1.26. The van der Waals surface area contributed by atoms with Crippen molar-refractivity contribution in [2.75, 3.05) is 26.9 Å². The van der Waals surface area contributed by atoms with E-state index in [1.807, 2.05) is 0 Å². The molecule has 0 aliphatic carbocycles. The fraction of sp³-hybridized carbons (Fsp3) is 0.857. The van der Waals surface area contributed by atoms with Crippen molar-refractivity contribution in [2.45, 2.75) is 44.6 Å². The molecule has 2 aliphatic rings. The first-order valence-electron chi connectivity index (χ1n) is 7.58. The second kappa shape index (κ2) is 7.10. The zero-order chi connectivity index (χ0) is 17.2. The Morgan fingerprint density at radius 2 is 1.96 bits per heavy atom. The smallest absolute Gasteiger partial charge is 0.326 e. The third-order valence-corrected chi connectivity index (χ3v) is 4.15. The van der Waals surface area contributed by atoms with Crippen LogP contribution in [-0.4, -0.2) is 78.1 Å². The van der Waals surface area contributed by atoms with Gasteiger partial charge in [0.15, 0.2) is 5.79 Å². The minimum atomic E-state index is -1.31. The van der Waals surface area contributed by atoms with E-state index in [1.165, 1.54) is 12.0 Å². The molecule has 0 aromatic rings. The van der Waals surface area contributed by atoms with E-state index in [9.17, 15) is 19.8 Å². The van der Waals surface area contributed by atoms with Crippen LogP contribution in [0.4, 0.5) is 0 Å². The number of aliphatic hydroxyl groups is 1. The van der Waals surface area contributed by atoms with Crippen LogP contribution in [0.1, 0.15) is 20.3 Å². The predicted molar refractivity (Wildman–Crippen MR) is 77.2 cm³/mol. The number of nitrogens with one attached hydrogen (secondary N) is 1. The summed E-state index contributed by atoms with van der Waals surface area (Å²) in [7, 11) is 1.30. The third-order valence-electron chi connectivity index (χ3n) is 4.15. The highest BCUT2D eigenvalue weighted by atomic mass is 16.7. The van der Waals surface area contributed by atoms with E-state index in [-0.39, 0.29) is 18.9 Å². The van der Waals surface area contributed by atoms with E-state index >= 15 is 0 Å². The lowest BCUT2D eigenvalue weighted by Gasteiger charge is -2.30. The van der Waals surface area contributed by atoms with E-state index < -0.39 is 36.2 Å². The van der Waals surface area contributed by atoms with Gasteiger partial charge in [-0.15, -0.1) is 0 Å². The summed E-state index contributed by atoms with van der Waals surface area (Å²) in [5, 5.41) is 21.7. The first kappa shape index (κ1) is 18.1. The molecule has 0 aromatic carbocycles. The van der Waals surface area contributed by atoms with Gasteiger partial charge in [-0.1, -0.05) is 13.8 Å². The Kier molecular flexibility index (Phi) is 5.58. The number of carboxylic acid groups (broad SMARTS) is 1.